The highest BCUT2D eigenvalue weighted by Crippen LogP contribution is 2.25. The number of carbonyl (C=O) groups is 1. The number of hydrogen-bond acceptors (Lipinski definition) is 3. The van der Waals surface area contributed by atoms with E-state index in [1.807, 2.05) is 14.0 Å². The zero-order valence-electron chi connectivity index (χ0n) is 9.05. The molecule has 0 atom stereocenters. The van der Waals surface area contributed by atoms with E-state index in [2.05, 4.69) is 5.32 Å². The Balaban J connectivity index is 2.22. The van der Waals surface area contributed by atoms with Crippen molar-refractivity contribution in [2.24, 2.45) is 0 Å². The summed E-state index contributed by atoms with van der Waals surface area (Å²) in [5.41, 5.74) is -0.593. The van der Waals surface area contributed by atoms with Gasteiger partial charge in [-0.1, -0.05) is 13.3 Å². The molecule has 1 heterocycles. The summed E-state index contributed by atoms with van der Waals surface area (Å²) in [7, 11) is 1.83. The zero-order chi connectivity index (χ0) is 10.6. The van der Waals surface area contributed by atoms with Crippen LogP contribution in [0.3, 0.4) is 0 Å². The van der Waals surface area contributed by atoms with Crippen LogP contribution in [0.2, 0.25) is 0 Å². The van der Waals surface area contributed by atoms with Crippen LogP contribution in [0.15, 0.2) is 0 Å². The quantitative estimate of drug-likeness (QED) is 0.655. The first-order chi connectivity index (χ1) is 6.61. The van der Waals surface area contributed by atoms with Gasteiger partial charge in [-0.25, -0.2) is 0 Å². The van der Waals surface area contributed by atoms with Crippen molar-refractivity contribution < 1.29 is 9.90 Å². The summed E-state index contributed by atoms with van der Waals surface area (Å²) in [6.07, 6.45) is 2.29. The van der Waals surface area contributed by atoms with E-state index < -0.39 is 5.60 Å². The molecule has 0 spiro atoms. The van der Waals surface area contributed by atoms with Gasteiger partial charge in [0, 0.05) is 13.0 Å². The van der Waals surface area contributed by atoms with Gasteiger partial charge in [-0.3, -0.25) is 4.79 Å². The van der Waals surface area contributed by atoms with Crippen molar-refractivity contribution in [1.82, 2.24) is 10.2 Å². The van der Waals surface area contributed by atoms with Gasteiger partial charge in [-0.15, -0.1) is 0 Å². The fourth-order valence-electron chi connectivity index (χ4n) is 1.85. The van der Waals surface area contributed by atoms with Crippen LogP contribution in [0.4, 0.5) is 0 Å². The van der Waals surface area contributed by atoms with Gasteiger partial charge < -0.3 is 15.3 Å². The molecule has 1 aliphatic heterocycles. The van der Waals surface area contributed by atoms with Crippen molar-refractivity contribution in [2.75, 3.05) is 26.7 Å². The maximum atomic E-state index is 11.5. The first-order valence-electron chi connectivity index (χ1n) is 5.26. The topological polar surface area (TPSA) is 52.6 Å². The maximum Gasteiger partial charge on any atom is 0.224 e. The lowest BCUT2D eigenvalue weighted by Gasteiger charge is -2.46. The van der Waals surface area contributed by atoms with E-state index in [-0.39, 0.29) is 5.91 Å². The van der Waals surface area contributed by atoms with Crippen molar-refractivity contribution in [3.05, 3.63) is 0 Å². The van der Waals surface area contributed by atoms with Gasteiger partial charge in [0.15, 0.2) is 0 Å². The molecule has 4 heteroatoms. The number of aliphatic hydroxyl groups is 1. The molecule has 82 valence electrons. The number of β-amino-alcohol motifs (C(OH)–C–C–N with tert-alkyl or cyclic N) is 1. The molecule has 0 unspecified atom stereocenters. The summed E-state index contributed by atoms with van der Waals surface area (Å²) >= 11 is 0. The van der Waals surface area contributed by atoms with E-state index in [0.29, 0.717) is 26.1 Å². The summed E-state index contributed by atoms with van der Waals surface area (Å²) in [6, 6.07) is 0. The van der Waals surface area contributed by atoms with Crippen LogP contribution in [0, 0.1) is 0 Å². The second-order valence-electron chi connectivity index (χ2n) is 4.08. The molecule has 0 bridgehead atoms. The predicted molar refractivity (Wildman–Crippen MR) is 55.0 cm³/mol. The Labute approximate surface area is 85.3 Å². The number of nitrogens with zero attached hydrogens (tertiary/aromatic N) is 1. The molecular weight excluding hydrogens is 180 g/mol. The Bertz CT molecular complexity index is 200. The van der Waals surface area contributed by atoms with Crippen molar-refractivity contribution in [3.63, 3.8) is 0 Å². The monoisotopic (exact) mass is 200 g/mol. The largest absolute Gasteiger partial charge is 0.386 e. The van der Waals surface area contributed by atoms with Gasteiger partial charge >= 0.3 is 0 Å². The average molecular weight is 200 g/mol. The second-order valence-corrected chi connectivity index (χ2v) is 4.08. The Kier molecular flexibility index (Phi) is 3.89. The van der Waals surface area contributed by atoms with Crippen LogP contribution in [-0.4, -0.2) is 48.2 Å². The molecular formula is C10H20N2O2. The van der Waals surface area contributed by atoms with Gasteiger partial charge in [-0.2, -0.15) is 0 Å². The summed E-state index contributed by atoms with van der Waals surface area (Å²) in [6.45, 7) is 3.79. The molecule has 14 heavy (non-hydrogen) atoms. The van der Waals surface area contributed by atoms with Crippen molar-refractivity contribution >= 4 is 5.91 Å². The number of rotatable bonds is 5. The lowest BCUT2D eigenvalue weighted by molar-refractivity contribution is -0.156. The van der Waals surface area contributed by atoms with Gasteiger partial charge in [-0.05, 0) is 13.5 Å². The Hall–Kier alpha value is -0.610. The maximum absolute atomic E-state index is 11.5. The minimum absolute atomic E-state index is 0.139. The molecule has 0 radical (unpaired) electrons. The molecule has 4 nitrogen and oxygen atoms in total. The molecule has 1 rings (SSSR count). The van der Waals surface area contributed by atoms with E-state index in [1.165, 1.54) is 0 Å². The highest BCUT2D eigenvalue weighted by Gasteiger charge is 2.42. The Morgan fingerprint density at radius 3 is 2.71 bits per heavy atom. The summed E-state index contributed by atoms with van der Waals surface area (Å²) < 4.78 is 0. The lowest BCUT2D eigenvalue weighted by atomic mass is 9.89. The van der Waals surface area contributed by atoms with Crippen LogP contribution < -0.4 is 5.32 Å². The van der Waals surface area contributed by atoms with E-state index in [9.17, 15) is 9.90 Å². The van der Waals surface area contributed by atoms with E-state index in [4.69, 9.17) is 0 Å². The highest BCUT2D eigenvalue weighted by molar-refractivity contribution is 5.77. The molecule has 0 aromatic heterocycles. The fourth-order valence-corrected chi connectivity index (χ4v) is 1.85. The molecule has 1 aliphatic rings. The van der Waals surface area contributed by atoms with E-state index >= 15 is 0 Å². The summed E-state index contributed by atoms with van der Waals surface area (Å²) in [5, 5.41) is 12.8. The molecule has 1 saturated heterocycles. The van der Waals surface area contributed by atoms with Crippen molar-refractivity contribution in [1.29, 1.82) is 0 Å². The van der Waals surface area contributed by atoms with Crippen molar-refractivity contribution in [2.45, 2.75) is 31.8 Å². The highest BCUT2D eigenvalue weighted by atomic mass is 16.3. The Morgan fingerprint density at radius 2 is 2.21 bits per heavy atom. The minimum atomic E-state index is -0.593. The van der Waals surface area contributed by atoms with Crippen LogP contribution in [0.25, 0.3) is 0 Å². The number of carbonyl (C=O) groups excluding carboxylic acids is 1. The number of nitrogens with one attached hydrogen (secondary N) is 1. The summed E-state index contributed by atoms with van der Waals surface area (Å²) in [4.78, 5) is 13.2. The van der Waals surface area contributed by atoms with Gasteiger partial charge in [0.25, 0.3) is 0 Å². The van der Waals surface area contributed by atoms with Crippen LogP contribution >= 0.6 is 0 Å². The van der Waals surface area contributed by atoms with Crippen molar-refractivity contribution in [3.8, 4) is 0 Å². The molecule has 2 N–H and O–H groups in total. The molecule has 0 saturated carbocycles. The van der Waals surface area contributed by atoms with E-state index in [1.54, 1.807) is 4.90 Å². The third-order valence-corrected chi connectivity index (χ3v) is 2.63. The SMILES string of the molecule is CCCC1(O)CN(C(=O)CCNC)C1. The van der Waals surface area contributed by atoms with Crippen LogP contribution in [-0.2, 0) is 4.79 Å². The smallest absolute Gasteiger partial charge is 0.224 e. The lowest BCUT2D eigenvalue weighted by Crippen LogP contribution is -2.63. The second kappa shape index (κ2) is 4.75. The normalized spacial score (nSPS) is 19.2. The first-order valence-corrected chi connectivity index (χ1v) is 5.26. The third-order valence-electron chi connectivity index (χ3n) is 2.63. The molecule has 1 fully saturated rings. The zero-order valence-corrected chi connectivity index (χ0v) is 9.05. The van der Waals surface area contributed by atoms with Crippen LogP contribution in [0.5, 0.6) is 0 Å². The molecule has 0 aromatic rings. The molecule has 1 amide bonds. The number of amides is 1. The predicted octanol–water partition coefficient (Wildman–Crippen LogP) is -0.0307. The number of hydrogen-bond donors (Lipinski definition) is 2. The van der Waals surface area contributed by atoms with Crippen LogP contribution in [0.1, 0.15) is 26.2 Å². The standard InChI is InChI=1S/C10H20N2O2/c1-3-5-10(14)7-12(8-10)9(13)4-6-11-2/h11,14H,3-8H2,1-2H3. The third kappa shape index (κ3) is 2.69. The first kappa shape index (κ1) is 11.5. The number of likely N-dealkylation sites (tertiary alicyclic amines) is 1. The molecule has 0 aliphatic carbocycles. The van der Waals surface area contributed by atoms with Gasteiger partial charge in [0.1, 0.15) is 0 Å². The fraction of sp³-hybridized carbons (Fsp3) is 0.900. The van der Waals surface area contributed by atoms with Gasteiger partial charge in [0.2, 0.25) is 5.91 Å². The van der Waals surface area contributed by atoms with Gasteiger partial charge in [0.05, 0.1) is 18.7 Å². The van der Waals surface area contributed by atoms with E-state index in [0.717, 1.165) is 12.8 Å². The Morgan fingerprint density at radius 1 is 1.57 bits per heavy atom. The minimum Gasteiger partial charge on any atom is -0.386 e. The summed E-state index contributed by atoms with van der Waals surface area (Å²) in [5.74, 6) is 0.139. The average Bonchev–Trinajstić information content (AvgIpc) is 2.10. The molecule has 0 aromatic carbocycles.